The highest BCUT2D eigenvalue weighted by atomic mass is 19.4. The molecule has 8 heteroatoms. The molecule has 4 rings (SSSR count). The van der Waals surface area contributed by atoms with Crippen molar-refractivity contribution in [3.05, 3.63) is 65.7 Å². The molecular formula is C23H24F3N3O2. The van der Waals surface area contributed by atoms with Gasteiger partial charge < -0.3 is 14.4 Å². The summed E-state index contributed by atoms with van der Waals surface area (Å²) in [6.45, 7) is -0.338. The Bertz CT molecular complexity index is 1020. The van der Waals surface area contributed by atoms with Crippen molar-refractivity contribution < 1.29 is 23.0 Å². The molecule has 0 bridgehead atoms. The van der Waals surface area contributed by atoms with Crippen molar-refractivity contribution in [2.75, 3.05) is 13.2 Å². The predicted molar refractivity (Wildman–Crippen MR) is 110 cm³/mol. The summed E-state index contributed by atoms with van der Waals surface area (Å²) in [6, 6.07) is 11.5. The third-order valence-corrected chi connectivity index (χ3v) is 5.48. The minimum Gasteiger partial charge on any atom is -0.468 e. The number of aromatic nitrogens is 3. The van der Waals surface area contributed by atoms with Crippen molar-refractivity contribution in [3.63, 3.8) is 0 Å². The third kappa shape index (κ3) is 5.64. The Balaban J connectivity index is 1.36. The minimum atomic E-state index is -4.38. The molecule has 164 valence electrons. The number of fused-ring (bicyclic) bond motifs is 1. The van der Waals surface area contributed by atoms with Crippen LogP contribution in [-0.4, -0.2) is 39.0 Å². The van der Waals surface area contributed by atoms with E-state index in [0.717, 1.165) is 54.0 Å². The molecule has 1 aliphatic heterocycles. The van der Waals surface area contributed by atoms with Gasteiger partial charge in [0.05, 0.1) is 5.69 Å². The zero-order valence-corrected chi connectivity index (χ0v) is 17.0. The molecule has 3 heterocycles. The Labute approximate surface area is 178 Å². The van der Waals surface area contributed by atoms with Crippen LogP contribution in [0.3, 0.4) is 0 Å². The highest BCUT2D eigenvalue weighted by Gasteiger charge is 2.28. The van der Waals surface area contributed by atoms with Gasteiger partial charge in [-0.15, -0.1) is 0 Å². The second-order valence-corrected chi connectivity index (χ2v) is 7.89. The molecule has 1 aliphatic rings. The summed E-state index contributed by atoms with van der Waals surface area (Å²) in [4.78, 5) is 8.57. The smallest absolute Gasteiger partial charge is 0.422 e. The number of rotatable bonds is 7. The highest BCUT2D eigenvalue weighted by molar-refractivity contribution is 5.59. The molecular weight excluding hydrogens is 407 g/mol. The molecule has 0 aliphatic carbocycles. The van der Waals surface area contributed by atoms with Crippen molar-refractivity contribution in [2.24, 2.45) is 5.92 Å². The van der Waals surface area contributed by atoms with Crippen LogP contribution in [0.5, 0.6) is 5.88 Å². The summed E-state index contributed by atoms with van der Waals surface area (Å²) in [5.74, 6) is 1.34. The molecule has 5 nitrogen and oxygen atoms in total. The number of hydrogen-bond donors (Lipinski definition) is 1. The van der Waals surface area contributed by atoms with Gasteiger partial charge >= 0.3 is 6.18 Å². The predicted octanol–water partition coefficient (Wildman–Crippen LogP) is 4.23. The molecule has 0 saturated carbocycles. The average Bonchev–Trinajstić information content (AvgIpc) is 3.20. The van der Waals surface area contributed by atoms with E-state index in [1.807, 2.05) is 30.5 Å². The lowest BCUT2D eigenvalue weighted by atomic mass is 10.0. The number of halogens is 3. The van der Waals surface area contributed by atoms with Crippen molar-refractivity contribution in [1.82, 2.24) is 14.5 Å². The molecule has 1 atom stereocenters. The van der Waals surface area contributed by atoms with Gasteiger partial charge in [0.2, 0.25) is 5.88 Å². The van der Waals surface area contributed by atoms with Crippen molar-refractivity contribution in [3.8, 4) is 17.1 Å². The van der Waals surface area contributed by atoms with E-state index in [9.17, 15) is 18.3 Å². The van der Waals surface area contributed by atoms with E-state index < -0.39 is 12.8 Å². The SMILES string of the molecule is OCC1CCc2nc(-c3ccc(CCc4ccnc(OCC(F)(F)F)c4)cc3)cn2C1. The fourth-order valence-electron chi connectivity index (χ4n) is 3.77. The lowest BCUT2D eigenvalue weighted by Crippen LogP contribution is -2.22. The van der Waals surface area contributed by atoms with E-state index >= 15 is 0 Å². The summed E-state index contributed by atoms with van der Waals surface area (Å²) in [7, 11) is 0. The minimum absolute atomic E-state index is 0.0163. The van der Waals surface area contributed by atoms with E-state index in [0.29, 0.717) is 12.3 Å². The number of hydrogen-bond acceptors (Lipinski definition) is 4. The Morgan fingerprint density at radius 2 is 1.87 bits per heavy atom. The first-order valence-corrected chi connectivity index (χ1v) is 10.3. The average molecular weight is 431 g/mol. The first-order valence-electron chi connectivity index (χ1n) is 10.3. The van der Waals surface area contributed by atoms with E-state index in [1.165, 1.54) is 6.20 Å². The van der Waals surface area contributed by atoms with Gasteiger partial charge in [0.1, 0.15) is 5.82 Å². The second-order valence-electron chi connectivity index (χ2n) is 7.89. The standard InChI is InChI=1S/C23H24F3N3O2/c24-23(25,26)15-31-22-11-17(9-10-27-22)2-1-16-3-6-19(7-4-16)20-13-29-12-18(14-30)5-8-21(29)28-20/h3-4,6-7,9-11,13,18,30H,1-2,5,8,12,14-15H2. The number of nitrogens with zero attached hydrogens (tertiary/aromatic N) is 3. The Morgan fingerprint density at radius 1 is 1.10 bits per heavy atom. The van der Waals surface area contributed by atoms with E-state index in [1.54, 1.807) is 12.1 Å². The number of aliphatic hydroxyl groups is 1. The van der Waals surface area contributed by atoms with Crippen LogP contribution in [0.4, 0.5) is 13.2 Å². The molecule has 1 aromatic carbocycles. The molecule has 0 fully saturated rings. The van der Waals surface area contributed by atoms with Crippen molar-refractivity contribution in [2.45, 2.75) is 38.4 Å². The van der Waals surface area contributed by atoms with Crippen LogP contribution >= 0.6 is 0 Å². The highest BCUT2D eigenvalue weighted by Crippen LogP contribution is 2.25. The van der Waals surface area contributed by atoms with Crippen LogP contribution in [0.2, 0.25) is 0 Å². The molecule has 0 spiro atoms. The molecule has 3 aromatic rings. The summed E-state index contributed by atoms with van der Waals surface area (Å²) in [6.07, 6.45) is 2.39. The maximum atomic E-state index is 12.3. The Morgan fingerprint density at radius 3 is 2.61 bits per heavy atom. The monoisotopic (exact) mass is 431 g/mol. The first-order chi connectivity index (χ1) is 14.9. The van der Waals surface area contributed by atoms with Crippen LogP contribution in [0.25, 0.3) is 11.3 Å². The maximum Gasteiger partial charge on any atom is 0.422 e. The Hall–Kier alpha value is -2.87. The fraction of sp³-hybridized carbons (Fsp3) is 0.391. The molecule has 31 heavy (non-hydrogen) atoms. The molecule has 0 amide bonds. The number of ether oxygens (including phenoxy) is 1. The molecule has 0 saturated heterocycles. The number of aliphatic hydroxyl groups excluding tert-OH is 1. The summed E-state index contributed by atoms with van der Waals surface area (Å²) < 4.78 is 43.7. The number of alkyl halides is 3. The van der Waals surface area contributed by atoms with E-state index in [2.05, 4.69) is 9.55 Å². The van der Waals surface area contributed by atoms with Crippen LogP contribution < -0.4 is 4.74 Å². The molecule has 0 radical (unpaired) electrons. The zero-order valence-electron chi connectivity index (χ0n) is 17.0. The van der Waals surface area contributed by atoms with Gasteiger partial charge in [0.15, 0.2) is 6.61 Å². The maximum absolute atomic E-state index is 12.3. The van der Waals surface area contributed by atoms with Gasteiger partial charge in [0.25, 0.3) is 0 Å². The van der Waals surface area contributed by atoms with Gasteiger partial charge in [-0.2, -0.15) is 13.2 Å². The third-order valence-electron chi connectivity index (χ3n) is 5.48. The van der Waals surface area contributed by atoms with Crippen molar-refractivity contribution in [1.29, 1.82) is 0 Å². The van der Waals surface area contributed by atoms with Crippen molar-refractivity contribution >= 4 is 0 Å². The quantitative estimate of drug-likeness (QED) is 0.608. The van der Waals surface area contributed by atoms with E-state index in [-0.39, 0.29) is 12.5 Å². The number of benzene rings is 1. The van der Waals surface area contributed by atoms with Crippen LogP contribution in [0.15, 0.2) is 48.8 Å². The van der Waals surface area contributed by atoms with Crippen LogP contribution in [-0.2, 0) is 25.8 Å². The Kier molecular flexibility index (Phi) is 6.27. The lowest BCUT2D eigenvalue weighted by Gasteiger charge is -2.21. The van der Waals surface area contributed by atoms with Gasteiger partial charge in [-0.05, 0) is 36.5 Å². The lowest BCUT2D eigenvalue weighted by molar-refractivity contribution is -0.154. The fourth-order valence-corrected chi connectivity index (χ4v) is 3.77. The molecule has 2 aromatic heterocycles. The summed E-state index contributed by atoms with van der Waals surface area (Å²) >= 11 is 0. The zero-order chi connectivity index (χ0) is 21.8. The van der Waals surface area contributed by atoms with Gasteiger partial charge in [-0.3, -0.25) is 0 Å². The van der Waals surface area contributed by atoms with Crippen LogP contribution in [0, 0.1) is 5.92 Å². The largest absolute Gasteiger partial charge is 0.468 e. The first kappa shape index (κ1) is 21.4. The summed E-state index contributed by atoms with van der Waals surface area (Å²) in [5.41, 5.74) is 3.97. The van der Waals surface area contributed by atoms with Gasteiger partial charge in [0, 0.05) is 49.5 Å². The summed E-state index contributed by atoms with van der Waals surface area (Å²) in [5, 5.41) is 9.39. The number of imidazole rings is 1. The number of aryl methyl sites for hydroxylation is 3. The van der Waals surface area contributed by atoms with Crippen LogP contribution in [0.1, 0.15) is 23.4 Å². The topological polar surface area (TPSA) is 60.2 Å². The van der Waals surface area contributed by atoms with Gasteiger partial charge in [-0.25, -0.2) is 9.97 Å². The molecule has 1 unspecified atom stereocenters. The van der Waals surface area contributed by atoms with E-state index in [4.69, 9.17) is 9.72 Å². The second kappa shape index (κ2) is 9.09. The van der Waals surface area contributed by atoms with Gasteiger partial charge in [-0.1, -0.05) is 24.3 Å². The molecule has 1 N–H and O–H groups in total. The normalized spacial score (nSPS) is 16.2. The number of pyridine rings is 1.